The first-order valence-electron chi connectivity index (χ1n) is 29.3. The molecule has 3 aromatic rings. The van der Waals surface area contributed by atoms with Crippen LogP contribution in [0.25, 0.3) is 0 Å². The number of carbonyl (C=O) groups is 7. The molecule has 7 unspecified atom stereocenters. The first-order chi connectivity index (χ1) is 39.9. The van der Waals surface area contributed by atoms with E-state index in [1.807, 2.05) is 24.3 Å². The minimum atomic E-state index is -1.67. The Kier molecular flexibility index (Phi) is 23.2. The number of rotatable bonds is 19. The number of carbonyl (C=O) groups excluding carboxylic acids is 7. The molecule has 0 saturated carbocycles. The number of aliphatic hydroxyl groups excluding tert-OH is 2. The number of unbranched alkanes of at least 4 members (excludes halogenated alkanes) is 5. The van der Waals surface area contributed by atoms with Crippen LogP contribution in [0.4, 0.5) is 11.4 Å². The molecular weight excluding hydrogens is 1070 g/mol. The van der Waals surface area contributed by atoms with E-state index in [2.05, 4.69) is 60.4 Å². The molecule has 83 heavy (non-hydrogen) atoms. The van der Waals surface area contributed by atoms with Gasteiger partial charge in [0.25, 0.3) is 5.91 Å². The van der Waals surface area contributed by atoms with E-state index < -0.39 is 95.9 Å². The summed E-state index contributed by atoms with van der Waals surface area (Å²) in [6.45, 7) is 6.62. The molecule has 452 valence electrons. The van der Waals surface area contributed by atoms with Crippen molar-refractivity contribution in [2.75, 3.05) is 68.8 Å². The number of amides is 7. The van der Waals surface area contributed by atoms with Gasteiger partial charge in [0.05, 0.1) is 24.9 Å². The number of aromatic hydroxyl groups is 1. The average Bonchev–Trinajstić information content (AvgIpc) is 4.13. The average molecular weight is 1150 g/mol. The predicted molar refractivity (Wildman–Crippen MR) is 313 cm³/mol. The zero-order chi connectivity index (χ0) is 59.6. The molecule has 14 N–H and O–H groups in total. The molecule has 4 heterocycles. The third-order valence-electron chi connectivity index (χ3n) is 15.8. The van der Waals surface area contributed by atoms with E-state index in [1.165, 1.54) is 56.1 Å². The number of aryl methyl sites for hydroxylation is 1. The fourth-order valence-electron chi connectivity index (χ4n) is 11.2. The lowest BCUT2D eigenvalue weighted by atomic mass is 10.0. The Bertz CT molecular complexity index is 2690. The Morgan fingerprint density at radius 3 is 1.99 bits per heavy atom. The molecule has 24 nitrogen and oxygen atoms in total. The third-order valence-corrected chi connectivity index (χ3v) is 15.8. The molecule has 4 aliphatic heterocycles. The number of nitrogens with one attached hydrogen (secondary N) is 5. The molecule has 3 aromatic carbocycles. The molecule has 4 aliphatic rings. The van der Waals surface area contributed by atoms with Gasteiger partial charge in [-0.15, -0.1) is 0 Å². The maximum absolute atomic E-state index is 14.5. The van der Waals surface area contributed by atoms with Crippen molar-refractivity contribution < 1.29 is 53.6 Å². The van der Waals surface area contributed by atoms with Crippen molar-refractivity contribution in [3.63, 3.8) is 0 Å². The standard InChI is InChI=1S/C59H85N13O11/c1-3-4-5-6-7-8-32-83-45-22-18-42(19-23-45)70-30-28-69(29-31-70)41-16-14-39(15-17-41)52(76)65-46-10-9-27-63-55(79)49-33-40(64-59(61)62)35-71(49)57(81)48(25-26-60)67-53(77)47(24-13-38-11-20-43(74)21-12-38)66-56(80)50-34-44(75)36-72(50)58(82)51(37(2)73)68-54(46)78/h11-12,14-23,37,40,44,46-51,73-75H,3-10,13,24-36,60H2,1-2H3,(H,63,79)(H,65,76)(H,66,80)(H,67,77)(H,68,78)(H4,61,62,64)/t37-,40?,44-,46?,47?,48?,49?,50?,51?/m1/s1. The van der Waals surface area contributed by atoms with E-state index in [9.17, 15) is 48.9 Å². The van der Waals surface area contributed by atoms with Crippen molar-refractivity contribution in [2.45, 2.75) is 152 Å². The van der Waals surface area contributed by atoms with Gasteiger partial charge in [0.2, 0.25) is 35.4 Å². The number of aliphatic hydroxyl groups is 2. The number of fused-ring (bicyclic) bond motifs is 2. The summed E-state index contributed by atoms with van der Waals surface area (Å²) in [7, 11) is 0. The van der Waals surface area contributed by atoms with E-state index in [0.29, 0.717) is 12.2 Å². The van der Waals surface area contributed by atoms with Crippen LogP contribution in [0.3, 0.4) is 0 Å². The Balaban J connectivity index is 1.07. The second kappa shape index (κ2) is 30.6. The molecule has 24 heteroatoms. The highest BCUT2D eigenvalue weighted by atomic mass is 16.5. The summed E-state index contributed by atoms with van der Waals surface area (Å²) in [5.41, 5.74) is 20.4. The van der Waals surface area contributed by atoms with Gasteiger partial charge >= 0.3 is 0 Å². The summed E-state index contributed by atoms with van der Waals surface area (Å²) in [5, 5.41) is 45.6. The van der Waals surface area contributed by atoms with Crippen LogP contribution < -0.4 is 58.3 Å². The molecule has 4 saturated heterocycles. The minimum Gasteiger partial charge on any atom is -0.508 e. The van der Waals surface area contributed by atoms with Crippen molar-refractivity contribution in [3.8, 4) is 11.5 Å². The second-order valence-corrected chi connectivity index (χ2v) is 22.1. The normalized spacial score (nSPS) is 24.5. The van der Waals surface area contributed by atoms with Crippen LogP contribution in [0.5, 0.6) is 11.5 Å². The molecule has 0 radical (unpaired) electrons. The Hall–Kier alpha value is -7.70. The first-order valence-corrected chi connectivity index (χ1v) is 29.3. The highest BCUT2D eigenvalue weighted by Gasteiger charge is 2.46. The molecule has 0 spiro atoms. The number of anilines is 2. The van der Waals surface area contributed by atoms with Crippen molar-refractivity contribution in [2.24, 2.45) is 22.2 Å². The summed E-state index contributed by atoms with van der Waals surface area (Å²) in [6.07, 6.45) is 4.33. The molecule has 7 rings (SSSR count). The van der Waals surface area contributed by atoms with E-state index in [0.717, 1.165) is 54.6 Å². The smallest absolute Gasteiger partial charge is 0.251 e. The van der Waals surface area contributed by atoms with Gasteiger partial charge in [-0.1, -0.05) is 51.2 Å². The van der Waals surface area contributed by atoms with Crippen LogP contribution in [0.15, 0.2) is 77.8 Å². The predicted octanol–water partition coefficient (Wildman–Crippen LogP) is 0.488. The molecule has 7 amide bonds. The number of benzene rings is 3. The second-order valence-electron chi connectivity index (χ2n) is 22.1. The Labute approximate surface area is 485 Å². The lowest BCUT2D eigenvalue weighted by Crippen LogP contribution is -2.61. The summed E-state index contributed by atoms with van der Waals surface area (Å²) in [5.74, 6) is -4.65. The SMILES string of the molecule is CCCCCCCCOc1ccc(N2CCN(c3ccc(C(=O)NC4CCCNC(=O)C5CC(N=C(N)N)CN5C(=O)C(CCN)NC(=O)C(CCc5ccc(O)cc5)NC(=O)C5C[C@@H](O)CN5C(=O)C([C@@H](C)O)NC4=O)cc3)CC2)cc1. The molecule has 0 aliphatic carbocycles. The Morgan fingerprint density at radius 1 is 0.735 bits per heavy atom. The fourth-order valence-corrected chi connectivity index (χ4v) is 11.2. The van der Waals surface area contributed by atoms with Crippen molar-refractivity contribution >= 4 is 58.7 Å². The van der Waals surface area contributed by atoms with Crippen molar-refractivity contribution in [1.29, 1.82) is 0 Å². The number of nitrogens with two attached hydrogens (primary N) is 3. The van der Waals surface area contributed by atoms with Gasteiger partial charge in [0.1, 0.15) is 47.8 Å². The summed E-state index contributed by atoms with van der Waals surface area (Å²) in [4.78, 5) is 111. The largest absolute Gasteiger partial charge is 0.508 e. The topological polar surface area (TPSA) is 353 Å². The number of nitrogens with zero attached hydrogens (tertiary/aromatic N) is 5. The maximum atomic E-state index is 14.5. The fraction of sp³-hybridized carbons (Fsp3) is 0.559. The van der Waals surface area contributed by atoms with Crippen LogP contribution in [0, 0.1) is 0 Å². The van der Waals surface area contributed by atoms with Gasteiger partial charge in [-0.2, -0.15) is 0 Å². The molecule has 4 fully saturated rings. The van der Waals surface area contributed by atoms with Gasteiger partial charge in [-0.3, -0.25) is 33.6 Å². The minimum absolute atomic E-state index is 0.0125. The van der Waals surface area contributed by atoms with E-state index in [4.69, 9.17) is 21.9 Å². The van der Waals surface area contributed by atoms with E-state index in [1.54, 1.807) is 24.3 Å². The number of ether oxygens (including phenoxy) is 1. The zero-order valence-corrected chi connectivity index (χ0v) is 47.8. The summed E-state index contributed by atoms with van der Waals surface area (Å²) < 4.78 is 5.99. The molecular formula is C59H85N13O11. The van der Waals surface area contributed by atoms with Crippen molar-refractivity contribution in [3.05, 3.63) is 83.9 Å². The summed E-state index contributed by atoms with van der Waals surface area (Å²) in [6, 6.07) is 12.5. The third kappa shape index (κ3) is 17.7. The van der Waals surface area contributed by atoms with Crippen LogP contribution in [-0.2, 0) is 35.2 Å². The summed E-state index contributed by atoms with van der Waals surface area (Å²) >= 11 is 0. The monoisotopic (exact) mass is 1150 g/mol. The maximum Gasteiger partial charge on any atom is 0.251 e. The number of phenols is 1. The van der Waals surface area contributed by atoms with Crippen LogP contribution in [-0.4, -0.2) is 186 Å². The van der Waals surface area contributed by atoms with Gasteiger partial charge < -0.3 is 83.4 Å². The number of phenolic OH excluding ortho intramolecular Hbond substituents is 1. The van der Waals surface area contributed by atoms with Crippen LogP contribution in [0.2, 0.25) is 0 Å². The highest BCUT2D eigenvalue weighted by molar-refractivity contribution is 6.00. The lowest BCUT2D eigenvalue weighted by molar-refractivity contribution is -0.145. The lowest BCUT2D eigenvalue weighted by Gasteiger charge is -2.37. The van der Waals surface area contributed by atoms with E-state index >= 15 is 0 Å². The van der Waals surface area contributed by atoms with Gasteiger partial charge in [0, 0.05) is 75.6 Å². The first kappa shape index (κ1) is 62.9. The number of guanidine groups is 1. The van der Waals surface area contributed by atoms with E-state index in [-0.39, 0.29) is 88.4 Å². The number of piperazine rings is 1. The van der Waals surface area contributed by atoms with Gasteiger partial charge in [0.15, 0.2) is 5.96 Å². The number of aliphatic imine (C=N–C) groups is 1. The van der Waals surface area contributed by atoms with Gasteiger partial charge in [-0.05, 0) is 118 Å². The van der Waals surface area contributed by atoms with Crippen molar-refractivity contribution in [1.82, 2.24) is 36.4 Å². The number of hydrogen-bond donors (Lipinski definition) is 11. The van der Waals surface area contributed by atoms with Gasteiger partial charge in [-0.25, -0.2) is 4.99 Å². The highest BCUT2D eigenvalue weighted by Crippen LogP contribution is 2.27. The Morgan fingerprint density at radius 2 is 1.35 bits per heavy atom. The molecule has 9 atom stereocenters. The van der Waals surface area contributed by atoms with Crippen LogP contribution in [0.1, 0.15) is 107 Å². The van der Waals surface area contributed by atoms with Crippen LogP contribution >= 0.6 is 0 Å². The zero-order valence-electron chi connectivity index (χ0n) is 47.8. The number of hydrogen-bond acceptors (Lipinski definition) is 15. The molecule has 0 bridgehead atoms. The quantitative estimate of drug-likeness (QED) is 0.0442. The molecule has 0 aromatic heterocycles.